The summed E-state index contributed by atoms with van der Waals surface area (Å²) in [5.41, 5.74) is 0. The summed E-state index contributed by atoms with van der Waals surface area (Å²) >= 11 is 0. The van der Waals surface area contributed by atoms with Crippen molar-refractivity contribution in [2.75, 3.05) is 25.1 Å². The van der Waals surface area contributed by atoms with E-state index in [0.717, 1.165) is 6.42 Å². The number of carbonyl (C=O) groups is 1. The Morgan fingerprint density at radius 1 is 1.53 bits per heavy atom. The Hall–Kier alpha value is -0.620. The molecule has 1 aliphatic heterocycles. The highest BCUT2D eigenvalue weighted by Crippen LogP contribution is 2.09. The molecule has 1 fully saturated rings. The van der Waals surface area contributed by atoms with E-state index in [9.17, 15) is 13.2 Å². The van der Waals surface area contributed by atoms with Gasteiger partial charge in [0.05, 0.1) is 11.5 Å². The fourth-order valence-electron chi connectivity index (χ4n) is 1.87. The van der Waals surface area contributed by atoms with Crippen LogP contribution in [0.5, 0.6) is 0 Å². The molecule has 0 aromatic carbocycles. The molecule has 0 radical (unpaired) electrons. The maximum atomic E-state index is 11.9. The molecule has 1 rings (SSSR count). The lowest BCUT2D eigenvalue weighted by molar-refractivity contribution is -0.132. The largest absolute Gasteiger partial charge is 0.343 e. The van der Waals surface area contributed by atoms with Crippen LogP contribution in [0.25, 0.3) is 0 Å². The van der Waals surface area contributed by atoms with Crippen LogP contribution in [0.15, 0.2) is 0 Å². The van der Waals surface area contributed by atoms with Gasteiger partial charge in [0, 0.05) is 32.1 Å². The first-order valence-corrected chi connectivity index (χ1v) is 7.87. The predicted molar refractivity (Wildman–Crippen MR) is 67.6 cm³/mol. The summed E-state index contributed by atoms with van der Waals surface area (Å²) in [6, 6.07) is -0.0320. The number of hydrogen-bond acceptors (Lipinski definition) is 4. The van der Waals surface area contributed by atoms with E-state index in [2.05, 4.69) is 5.32 Å². The highest BCUT2D eigenvalue weighted by molar-refractivity contribution is 7.91. The molecule has 1 saturated heterocycles. The van der Waals surface area contributed by atoms with Crippen LogP contribution in [0.4, 0.5) is 0 Å². The van der Waals surface area contributed by atoms with Crippen molar-refractivity contribution in [1.82, 2.24) is 10.2 Å². The van der Waals surface area contributed by atoms with Crippen LogP contribution in [-0.2, 0) is 14.6 Å². The van der Waals surface area contributed by atoms with Crippen molar-refractivity contribution in [3.63, 3.8) is 0 Å². The molecule has 0 bridgehead atoms. The minimum absolute atomic E-state index is 0.00829. The van der Waals surface area contributed by atoms with Gasteiger partial charge in [0.15, 0.2) is 9.84 Å². The smallest absolute Gasteiger partial charge is 0.224 e. The fraction of sp³-hybridized carbons (Fsp3) is 0.909. The molecule has 0 saturated carbocycles. The Kier molecular flexibility index (Phi) is 4.94. The predicted octanol–water partition coefficient (Wildman–Crippen LogP) is 0.0200. The summed E-state index contributed by atoms with van der Waals surface area (Å²) in [4.78, 5) is 13.6. The summed E-state index contributed by atoms with van der Waals surface area (Å²) in [7, 11) is -1.19. The molecule has 100 valence electrons. The maximum absolute atomic E-state index is 11.9. The third kappa shape index (κ3) is 4.27. The maximum Gasteiger partial charge on any atom is 0.224 e. The first-order chi connectivity index (χ1) is 7.85. The number of sulfone groups is 1. The van der Waals surface area contributed by atoms with E-state index in [-0.39, 0.29) is 35.9 Å². The summed E-state index contributed by atoms with van der Waals surface area (Å²) in [5, 5.41) is 3.09. The lowest BCUT2D eigenvalue weighted by atomic mass is 10.1. The molecule has 6 heteroatoms. The first-order valence-electron chi connectivity index (χ1n) is 6.05. The Balaban J connectivity index is 2.51. The van der Waals surface area contributed by atoms with Crippen molar-refractivity contribution in [1.29, 1.82) is 0 Å². The lowest BCUT2D eigenvalue weighted by Crippen LogP contribution is -2.48. The van der Waals surface area contributed by atoms with Gasteiger partial charge in [0.1, 0.15) is 0 Å². The average molecular weight is 262 g/mol. The Morgan fingerprint density at radius 2 is 2.18 bits per heavy atom. The van der Waals surface area contributed by atoms with Gasteiger partial charge in [0.25, 0.3) is 0 Å². The highest BCUT2D eigenvalue weighted by atomic mass is 32.2. The van der Waals surface area contributed by atoms with E-state index in [4.69, 9.17) is 0 Å². The van der Waals surface area contributed by atoms with Crippen LogP contribution in [0.1, 0.15) is 26.7 Å². The third-order valence-electron chi connectivity index (χ3n) is 3.37. The quantitative estimate of drug-likeness (QED) is 0.775. The monoisotopic (exact) mass is 262 g/mol. The van der Waals surface area contributed by atoms with Crippen LogP contribution in [0.3, 0.4) is 0 Å². The zero-order valence-electron chi connectivity index (χ0n) is 10.8. The number of rotatable bonds is 4. The standard InChI is InChI=1S/C11H22N2O3S/c1-4-9(2)13(3)11(14)7-10-8-17(15,16)6-5-12-10/h9-10,12H,4-8H2,1-3H3. The van der Waals surface area contributed by atoms with Crippen molar-refractivity contribution in [2.45, 2.75) is 38.8 Å². The zero-order chi connectivity index (χ0) is 13.1. The molecular weight excluding hydrogens is 240 g/mol. The van der Waals surface area contributed by atoms with Gasteiger partial charge in [-0.05, 0) is 13.3 Å². The summed E-state index contributed by atoms with van der Waals surface area (Å²) in [6.45, 7) is 4.47. The molecule has 2 atom stereocenters. The highest BCUT2D eigenvalue weighted by Gasteiger charge is 2.27. The molecule has 5 nitrogen and oxygen atoms in total. The number of nitrogens with zero attached hydrogens (tertiary/aromatic N) is 1. The minimum Gasteiger partial charge on any atom is -0.343 e. The van der Waals surface area contributed by atoms with Crippen LogP contribution in [0.2, 0.25) is 0 Å². The number of carbonyl (C=O) groups excluding carboxylic acids is 1. The van der Waals surface area contributed by atoms with Crippen LogP contribution in [-0.4, -0.2) is 56.4 Å². The van der Waals surface area contributed by atoms with Gasteiger partial charge in [-0.15, -0.1) is 0 Å². The van der Waals surface area contributed by atoms with E-state index < -0.39 is 9.84 Å². The van der Waals surface area contributed by atoms with Gasteiger partial charge in [0.2, 0.25) is 5.91 Å². The zero-order valence-corrected chi connectivity index (χ0v) is 11.6. The van der Waals surface area contributed by atoms with Gasteiger partial charge in [-0.3, -0.25) is 4.79 Å². The van der Waals surface area contributed by atoms with Crippen molar-refractivity contribution in [3.05, 3.63) is 0 Å². The van der Waals surface area contributed by atoms with E-state index >= 15 is 0 Å². The molecule has 0 aliphatic carbocycles. The second kappa shape index (κ2) is 5.82. The normalized spacial score (nSPS) is 25.2. The first kappa shape index (κ1) is 14.4. The van der Waals surface area contributed by atoms with Gasteiger partial charge in [-0.25, -0.2) is 8.42 Å². The van der Waals surface area contributed by atoms with E-state index in [1.807, 2.05) is 13.8 Å². The molecule has 1 amide bonds. The van der Waals surface area contributed by atoms with Crippen molar-refractivity contribution in [3.8, 4) is 0 Å². The summed E-state index contributed by atoms with van der Waals surface area (Å²) < 4.78 is 22.9. The Morgan fingerprint density at radius 3 is 2.71 bits per heavy atom. The van der Waals surface area contributed by atoms with Crippen LogP contribution >= 0.6 is 0 Å². The van der Waals surface area contributed by atoms with Crippen molar-refractivity contribution in [2.24, 2.45) is 0 Å². The molecule has 0 aromatic heterocycles. The fourth-order valence-corrected chi connectivity index (χ4v) is 3.32. The number of hydrogen-bond donors (Lipinski definition) is 1. The topological polar surface area (TPSA) is 66.5 Å². The lowest BCUT2D eigenvalue weighted by Gasteiger charge is -2.28. The van der Waals surface area contributed by atoms with Crippen LogP contribution in [0, 0.1) is 0 Å². The Labute approximate surface area is 103 Å². The summed E-state index contributed by atoms with van der Waals surface area (Å²) in [5.74, 6) is 0.264. The third-order valence-corrected chi connectivity index (χ3v) is 5.10. The molecule has 0 aromatic rings. The van der Waals surface area contributed by atoms with E-state index in [1.54, 1.807) is 11.9 Å². The van der Waals surface area contributed by atoms with Crippen molar-refractivity contribution < 1.29 is 13.2 Å². The van der Waals surface area contributed by atoms with Gasteiger partial charge >= 0.3 is 0 Å². The Bertz CT molecular complexity index is 367. The molecule has 2 unspecified atom stereocenters. The van der Waals surface area contributed by atoms with E-state index in [1.165, 1.54) is 0 Å². The summed E-state index contributed by atoms with van der Waals surface area (Å²) in [6.07, 6.45) is 1.17. The molecule has 1 heterocycles. The number of amides is 1. The molecule has 0 spiro atoms. The second-order valence-corrected chi connectivity index (χ2v) is 6.96. The molecule has 1 aliphatic rings. The second-order valence-electron chi connectivity index (χ2n) is 4.73. The van der Waals surface area contributed by atoms with Crippen LogP contribution < -0.4 is 5.32 Å². The van der Waals surface area contributed by atoms with Gasteiger partial charge < -0.3 is 10.2 Å². The molecule has 1 N–H and O–H groups in total. The molecular formula is C11H22N2O3S. The van der Waals surface area contributed by atoms with Gasteiger partial charge in [-0.2, -0.15) is 0 Å². The minimum atomic E-state index is -2.96. The molecule has 17 heavy (non-hydrogen) atoms. The number of nitrogens with one attached hydrogen (secondary N) is 1. The van der Waals surface area contributed by atoms with Gasteiger partial charge in [-0.1, -0.05) is 6.92 Å². The average Bonchev–Trinajstić information content (AvgIpc) is 2.25. The van der Waals surface area contributed by atoms with E-state index in [0.29, 0.717) is 6.54 Å². The van der Waals surface area contributed by atoms with Crippen molar-refractivity contribution >= 4 is 15.7 Å². The SMILES string of the molecule is CCC(C)N(C)C(=O)CC1CS(=O)(=O)CCN1.